The Hall–Kier alpha value is -2.57. The highest BCUT2D eigenvalue weighted by atomic mass is 35.5. The lowest BCUT2D eigenvalue weighted by Gasteiger charge is -2.40. The summed E-state index contributed by atoms with van der Waals surface area (Å²) >= 11 is 13.1. The first kappa shape index (κ1) is 28.0. The lowest BCUT2D eigenvalue weighted by atomic mass is 9.85. The monoisotopic (exact) mass is 531 g/mol. The van der Waals surface area contributed by atoms with Gasteiger partial charge in [0.1, 0.15) is 34.1 Å². The lowest BCUT2D eigenvalue weighted by molar-refractivity contribution is -0.159. The predicted octanol–water partition coefficient (Wildman–Crippen LogP) is 7.53. The van der Waals surface area contributed by atoms with Gasteiger partial charge < -0.3 is 9.47 Å². The molecule has 0 saturated heterocycles. The number of methoxy groups -OCH3 is 1. The standard InChI is InChI=1S/C28H35Cl2N3O3/c1-17(2)19-10-9-11-21(31-19)33(25(28(6,7)16-29)26(34)36-27(3,4)5)22-15-13-18-12-14-20(35-8)23(30)24(18)32-22/h9-15,17,25H,16H2,1-8H3/t25-/m0/s1. The topological polar surface area (TPSA) is 64.5 Å². The van der Waals surface area contributed by atoms with Gasteiger partial charge in [-0.15, -0.1) is 11.6 Å². The number of halogens is 2. The van der Waals surface area contributed by atoms with Crippen LogP contribution in [-0.4, -0.2) is 40.6 Å². The Morgan fingerprint density at radius 2 is 1.64 bits per heavy atom. The molecular formula is C28H35Cl2N3O3. The Morgan fingerprint density at radius 1 is 1.00 bits per heavy atom. The number of rotatable bonds is 8. The predicted molar refractivity (Wildman–Crippen MR) is 148 cm³/mol. The Kier molecular flexibility index (Phi) is 8.41. The number of anilines is 2. The van der Waals surface area contributed by atoms with Crippen molar-refractivity contribution >= 4 is 51.7 Å². The molecule has 1 aromatic carbocycles. The fourth-order valence-electron chi connectivity index (χ4n) is 3.90. The number of aromatic nitrogens is 2. The number of ether oxygens (including phenoxy) is 2. The summed E-state index contributed by atoms with van der Waals surface area (Å²) in [6, 6.07) is 12.4. The molecule has 3 aromatic rings. The van der Waals surface area contributed by atoms with E-state index < -0.39 is 23.0 Å². The third kappa shape index (κ3) is 6.04. The van der Waals surface area contributed by atoms with Crippen LogP contribution in [0.25, 0.3) is 10.9 Å². The molecule has 2 heterocycles. The van der Waals surface area contributed by atoms with Crippen molar-refractivity contribution in [2.45, 2.75) is 66.0 Å². The maximum Gasteiger partial charge on any atom is 0.330 e. The highest BCUT2D eigenvalue weighted by molar-refractivity contribution is 6.36. The smallest absolute Gasteiger partial charge is 0.330 e. The number of esters is 1. The lowest BCUT2D eigenvalue weighted by Crippen LogP contribution is -2.52. The van der Waals surface area contributed by atoms with E-state index in [9.17, 15) is 4.79 Å². The minimum Gasteiger partial charge on any atom is -0.495 e. The fraction of sp³-hybridized carbons (Fsp3) is 0.464. The molecule has 1 atom stereocenters. The summed E-state index contributed by atoms with van der Waals surface area (Å²) < 4.78 is 11.3. The molecule has 0 bridgehead atoms. The van der Waals surface area contributed by atoms with E-state index in [4.69, 9.17) is 42.6 Å². The average Bonchev–Trinajstić information content (AvgIpc) is 2.81. The van der Waals surface area contributed by atoms with Crippen LogP contribution < -0.4 is 9.64 Å². The van der Waals surface area contributed by atoms with Crippen molar-refractivity contribution in [3.8, 4) is 5.75 Å². The van der Waals surface area contributed by atoms with Crippen molar-refractivity contribution in [3.63, 3.8) is 0 Å². The molecule has 36 heavy (non-hydrogen) atoms. The minimum atomic E-state index is -0.821. The second kappa shape index (κ2) is 10.8. The van der Waals surface area contributed by atoms with Gasteiger partial charge in [-0.2, -0.15) is 0 Å². The molecule has 0 amide bonds. The first-order chi connectivity index (χ1) is 16.8. The number of hydrogen-bond donors (Lipinski definition) is 0. The molecule has 0 unspecified atom stereocenters. The minimum absolute atomic E-state index is 0.191. The van der Waals surface area contributed by atoms with Gasteiger partial charge >= 0.3 is 5.97 Å². The van der Waals surface area contributed by atoms with Gasteiger partial charge in [-0.25, -0.2) is 14.8 Å². The Labute approximate surface area is 223 Å². The van der Waals surface area contributed by atoms with Crippen molar-refractivity contribution in [3.05, 3.63) is 53.2 Å². The summed E-state index contributed by atoms with van der Waals surface area (Å²) in [4.78, 5) is 25.4. The van der Waals surface area contributed by atoms with Crippen LogP contribution in [0.3, 0.4) is 0 Å². The van der Waals surface area contributed by atoms with Gasteiger partial charge in [0, 0.05) is 22.4 Å². The zero-order valence-corrected chi connectivity index (χ0v) is 23.7. The van der Waals surface area contributed by atoms with Gasteiger partial charge in [0.15, 0.2) is 0 Å². The first-order valence-electron chi connectivity index (χ1n) is 12.0. The fourth-order valence-corrected chi connectivity index (χ4v) is 4.34. The maximum atomic E-state index is 13.8. The summed E-state index contributed by atoms with van der Waals surface area (Å²) in [6.45, 7) is 13.6. The van der Waals surface area contributed by atoms with Crippen LogP contribution in [0.15, 0.2) is 42.5 Å². The molecule has 2 aromatic heterocycles. The number of alkyl halides is 1. The summed E-state index contributed by atoms with van der Waals surface area (Å²) in [5, 5.41) is 1.24. The Balaban J connectivity index is 2.33. The van der Waals surface area contributed by atoms with E-state index in [0.29, 0.717) is 27.9 Å². The average molecular weight is 533 g/mol. The number of fused-ring (bicyclic) bond motifs is 1. The van der Waals surface area contributed by atoms with Crippen molar-refractivity contribution in [1.82, 2.24) is 9.97 Å². The molecule has 0 aliphatic rings. The third-order valence-electron chi connectivity index (χ3n) is 5.78. The second-order valence-electron chi connectivity index (χ2n) is 10.8. The zero-order valence-electron chi connectivity index (χ0n) is 22.2. The highest BCUT2D eigenvalue weighted by Gasteiger charge is 2.44. The number of carbonyl (C=O) groups excluding carboxylic acids is 1. The third-order valence-corrected chi connectivity index (χ3v) is 6.84. The molecule has 0 radical (unpaired) electrons. The largest absolute Gasteiger partial charge is 0.495 e. The van der Waals surface area contributed by atoms with Crippen molar-refractivity contribution in [2.24, 2.45) is 5.41 Å². The number of pyridine rings is 2. The van der Waals surface area contributed by atoms with Gasteiger partial charge in [0.25, 0.3) is 0 Å². The van der Waals surface area contributed by atoms with Crippen LogP contribution in [0.4, 0.5) is 11.6 Å². The van der Waals surface area contributed by atoms with E-state index in [-0.39, 0.29) is 11.8 Å². The molecule has 0 fully saturated rings. The van der Waals surface area contributed by atoms with E-state index >= 15 is 0 Å². The molecule has 0 N–H and O–H groups in total. The molecule has 3 rings (SSSR count). The molecule has 6 nitrogen and oxygen atoms in total. The maximum absolute atomic E-state index is 13.8. The Morgan fingerprint density at radius 3 is 2.22 bits per heavy atom. The van der Waals surface area contributed by atoms with Gasteiger partial charge in [-0.3, -0.25) is 4.90 Å². The van der Waals surface area contributed by atoms with Crippen LogP contribution in [-0.2, 0) is 9.53 Å². The molecule has 0 saturated carbocycles. The summed E-state index contributed by atoms with van der Waals surface area (Å²) in [7, 11) is 1.56. The van der Waals surface area contributed by atoms with E-state index in [1.807, 2.05) is 75.9 Å². The van der Waals surface area contributed by atoms with E-state index in [1.165, 1.54) is 0 Å². The summed E-state index contributed by atoms with van der Waals surface area (Å²) in [5.74, 6) is 1.57. The number of hydrogen-bond acceptors (Lipinski definition) is 6. The van der Waals surface area contributed by atoms with E-state index in [2.05, 4.69) is 13.8 Å². The number of carbonyl (C=O) groups is 1. The van der Waals surface area contributed by atoms with Crippen molar-refractivity contribution < 1.29 is 14.3 Å². The molecule has 0 aliphatic carbocycles. The molecule has 0 aliphatic heterocycles. The highest BCUT2D eigenvalue weighted by Crippen LogP contribution is 2.39. The molecule has 0 spiro atoms. The number of nitrogens with zero attached hydrogens (tertiary/aromatic N) is 3. The van der Waals surface area contributed by atoms with Gasteiger partial charge in [0.2, 0.25) is 0 Å². The first-order valence-corrected chi connectivity index (χ1v) is 12.9. The SMILES string of the molecule is COc1ccc2ccc(N(c3cccc(C(C)C)n3)[C@@H](C(=O)OC(C)(C)C)C(C)(C)CCl)nc2c1Cl. The second-order valence-corrected chi connectivity index (χ2v) is 11.5. The van der Waals surface area contributed by atoms with Crippen LogP contribution in [0, 0.1) is 5.41 Å². The zero-order chi connectivity index (χ0) is 26.8. The van der Waals surface area contributed by atoms with Crippen LogP contribution in [0.1, 0.15) is 60.1 Å². The van der Waals surface area contributed by atoms with Crippen molar-refractivity contribution in [2.75, 3.05) is 17.9 Å². The normalized spacial score (nSPS) is 13.1. The van der Waals surface area contributed by atoms with Crippen LogP contribution in [0.2, 0.25) is 5.02 Å². The van der Waals surface area contributed by atoms with Gasteiger partial charge in [-0.05, 0) is 63.1 Å². The molecule has 8 heteroatoms. The van der Waals surface area contributed by atoms with Crippen molar-refractivity contribution in [1.29, 1.82) is 0 Å². The Bertz CT molecular complexity index is 1240. The molecule has 194 valence electrons. The van der Waals surface area contributed by atoms with E-state index in [1.54, 1.807) is 13.2 Å². The van der Waals surface area contributed by atoms with Crippen LogP contribution >= 0.6 is 23.2 Å². The van der Waals surface area contributed by atoms with Crippen LogP contribution in [0.5, 0.6) is 5.75 Å². The summed E-state index contributed by atoms with van der Waals surface area (Å²) in [6.07, 6.45) is 0. The van der Waals surface area contributed by atoms with Gasteiger partial charge in [0.05, 0.1) is 12.6 Å². The molecular weight excluding hydrogens is 497 g/mol. The number of benzene rings is 1. The van der Waals surface area contributed by atoms with Gasteiger partial charge in [-0.1, -0.05) is 45.4 Å². The quantitative estimate of drug-likeness (QED) is 0.221. The van der Waals surface area contributed by atoms with E-state index in [0.717, 1.165) is 11.1 Å². The summed E-state index contributed by atoms with van der Waals surface area (Å²) in [5.41, 5.74) is 0.0629.